The van der Waals surface area contributed by atoms with Crippen LogP contribution in [0.2, 0.25) is 0 Å². The minimum atomic E-state index is -1.56. The van der Waals surface area contributed by atoms with Crippen LogP contribution in [0.5, 0.6) is 0 Å². The van der Waals surface area contributed by atoms with E-state index in [1.807, 2.05) is 0 Å². The summed E-state index contributed by atoms with van der Waals surface area (Å²) in [6.07, 6.45) is -7.65. The van der Waals surface area contributed by atoms with Crippen molar-refractivity contribution in [3.05, 3.63) is 6.04 Å². The molecule has 0 bridgehead atoms. The number of nitrogens with one attached hydrogen (secondary N) is 2. The Morgan fingerprint density at radius 3 is 2.21 bits per heavy atom. The van der Waals surface area contributed by atoms with Gasteiger partial charge in [0.1, 0.15) is 36.5 Å². The quantitative estimate of drug-likeness (QED) is 0.135. The Balaban J connectivity index is 2.74. The third kappa shape index (κ3) is 8.10. The van der Waals surface area contributed by atoms with Crippen molar-refractivity contribution in [2.75, 3.05) is 6.61 Å². The van der Waals surface area contributed by atoms with Gasteiger partial charge in [-0.15, -0.1) is 0 Å². The van der Waals surface area contributed by atoms with Crippen LogP contribution in [0.15, 0.2) is 0 Å². The van der Waals surface area contributed by atoms with Gasteiger partial charge in [-0.2, -0.15) is 0 Å². The number of ketones is 2. The third-order valence-corrected chi connectivity index (χ3v) is 4.86. The lowest BCUT2D eigenvalue weighted by Gasteiger charge is -2.41. The van der Waals surface area contributed by atoms with Gasteiger partial charge in [-0.05, 0) is 20.3 Å². The molecular formula is C19H30N3O11. The van der Waals surface area contributed by atoms with E-state index in [0.717, 1.165) is 6.92 Å². The molecule has 0 spiro atoms. The Hall–Kier alpha value is -2.49. The third-order valence-electron chi connectivity index (χ3n) is 4.86. The second kappa shape index (κ2) is 12.7. The van der Waals surface area contributed by atoms with Gasteiger partial charge in [0.15, 0.2) is 12.1 Å². The van der Waals surface area contributed by atoms with Crippen molar-refractivity contribution in [3.63, 3.8) is 0 Å². The van der Waals surface area contributed by atoms with Gasteiger partial charge in [-0.25, -0.2) is 0 Å². The van der Waals surface area contributed by atoms with E-state index >= 15 is 0 Å². The molecule has 1 fully saturated rings. The van der Waals surface area contributed by atoms with Crippen LogP contribution in [-0.2, 0) is 33.4 Å². The number of rotatable bonds is 12. The fraction of sp³-hybridized carbons (Fsp3) is 0.684. The molecule has 0 aromatic carbocycles. The van der Waals surface area contributed by atoms with Crippen LogP contribution in [0.4, 0.5) is 0 Å². The zero-order valence-electron chi connectivity index (χ0n) is 18.4. The number of hydrogen-bond acceptors (Lipinski definition) is 11. The van der Waals surface area contributed by atoms with Gasteiger partial charge in [0.05, 0.1) is 12.6 Å². The van der Waals surface area contributed by atoms with E-state index in [9.17, 15) is 39.3 Å². The molecule has 14 nitrogen and oxygen atoms in total. The molecule has 0 aromatic rings. The topological polar surface area (TPSA) is 235 Å². The summed E-state index contributed by atoms with van der Waals surface area (Å²) in [5.74, 6) is -4.90. The van der Waals surface area contributed by atoms with Crippen LogP contribution < -0.4 is 16.4 Å². The minimum absolute atomic E-state index is 0.395. The number of aliphatic hydroxyl groups is 3. The number of carboxylic acids is 1. The van der Waals surface area contributed by atoms with E-state index in [-0.39, 0.29) is 0 Å². The first kappa shape index (κ1) is 28.5. The first-order valence-electron chi connectivity index (χ1n) is 10.1. The van der Waals surface area contributed by atoms with E-state index < -0.39 is 97.6 Å². The summed E-state index contributed by atoms with van der Waals surface area (Å²) in [5, 5.41) is 42.5. The number of amides is 2. The van der Waals surface area contributed by atoms with Gasteiger partial charge in [0.2, 0.25) is 17.6 Å². The van der Waals surface area contributed by atoms with Crippen LogP contribution in [0, 0.1) is 6.04 Å². The number of Topliss-reactive ketones (excluding diaryl/α,β-unsaturated/α-hetero) is 2. The standard InChI is InChI=1S/C19H30N3O11/c1-7(17(29)22-10(4-5-12(25)26)14(27)8(2)24)21-18(30)9(3)32-16-13(20)19(31)33-11(6-23)15(16)28/h7,9,11,13,15-16,19,23,28,31H,4-6,20H2,1-3H3,(H,21,30)(H,22,29)(H,25,26)/t7-,9?,11+,13+,15+,16+,19-/m0/s1. The fourth-order valence-corrected chi connectivity index (χ4v) is 2.90. The molecule has 2 amide bonds. The number of aliphatic carboxylic acids is 1. The van der Waals surface area contributed by atoms with Gasteiger partial charge in [0.25, 0.3) is 0 Å². The summed E-state index contributed by atoms with van der Waals surface area (Å²) in [7, 11) is 0. The van der Waals surface area contributed by atoms with Gasteiger partial charge < -0.3 is 46.3 Å². The fourth-order valence-electron chi connectivity index (χ4n) is 2.90. The number of carbonyl (C=O) groups is 5. The summed E-state index contributed by atoms with van der Waals surface area (Å²) in [5.41, 5.74) is 5.74. The normalized spacial score (nSPS) is 26.8. The molecule has 1 heterocycles. The molecule has 0 saturated carbocycles. The molecule has 1 saturated heterocycles. The predicted octanol–water partition coefficient (Wildman–Crippen LogP) is -3.67. The van der Waals surface area contributed by atoms with Crippen molar-refractivity contribution in [2.45, 2.75) is 76.4 Å². The number of carbonyl (C=O) groups excluding carboxylic acids is 4. The summed E-state index contributed by atoms with van der Waals surface area (Å²) in [6, 6.07) is -2.88. The smallest absolute Gasteiger partial charge is 0.303 e. The number of carboxylic acid groups (broad SMARTS) is 1. The Morgan fingerprint density at radius 2 is 1.70 bits per heavy atom. The lowest BCUT2D eigenvalue weighted by Crippen LogP contribution is -2.64. The lowest BCUT2D eigenvalue weighted by molar-refractivity contribution is -0.261. The average Bonchev–Trinajstić information content (AvgIpc) is 2.75. The highest BCUT2D eigenvalue weighted by molar-refractivity contribution is 6.41. The first-order valence-corrected chi connectivity index (χ1v) is 10.1. The molecule has 1 aliphatic rings. The van der Waals surface area contributed by atoms with E-state index in [1.165, 1.54) is 13.8 Å². The largest absolute Gasteiger partial charge is 0.481 e. The molecule has 1 radical (unpaired) electrons. The molecular weight excluding hydrogens is 446 g/mol. The van der Waals surface area contributed by atoms with Gasteiger partial charge in [0, 0.05) is 13.3 Å². The van der Waals surface area contributed by atoms with E-state index in [0.29, 0.717) is 0 Å². The predicted molar refractivity (Wildman–Crippen MR) is 108 cm³/mol. The Labute approximate surface area is 189 Å². The highest BCUT2D eigenvalue weighted by Gasteiger charge is 2.44. The summed E-state index contributed by atoms with van der Waals surface area (Å²) in [4.78, 5) is 58.8. The van der Waals surface area contributed by atoms with Crippen LogP contribution in [0.1, 0.15) is 33.6 Å². The van der Waals surface area contributed by atoms with Crippen molar-refractivity contribution in [1.29, 1.82) is 0 Å². The zero-order chi connectivity index (χ0) is 25.5. The molecule has 1 aliphatic heterocycles. The SMILES string of the molecule is CC(=O)C(=O)[C](CCC(=O)O)NC(=O)[C@H](C)NC(=O)C(C)O[C@@H]1[C@@H](N)[C@@H](O)O[C@H](CO)[C@H]1O. The summed E-state index contributed by atoms with van der Waals surface area (Å²) < 4.78 is 10.4. The number of aliphatic hydroxyl groups excluding tert-OH is 3. The van der Waals surface area contributed by atoms with E-state index in [1.54, 1.807) is 0 Å². The highest BCUT2D eigenvalue weighted by Crippen LogP contribution is 2.22. The van der Waals surface area contributed by atoms with Gasteiger partial charge in [-0.3, -0.25) is 24.0 Å². The molecule has 33 heavy (non-hydrogen) atoms. The van der Waals surface area contributed by atoms with Crippen LogP contribution >= 0.6 is 0 Å². The molecule has 0 aromatic heterocycles. The zero-order valence-corrected chi connectivity index (χ0v) is 18.4. The number of ether oxygens (including phenoxy) is 2. The molecule has 14 heteroatoms. The van der Waals surface area contributed by atoms with Gasteiger partial charge in [-0.1, -0.05) is 0 Å². The highest BCUT2D eigenvalue weighted by atomic mass is 16.6. The summed E-state index contributed by atoms with van der Waals surface area (Å²) in [6.45, 7) is 2.89. The van der Waals surface area contributed by atoms with Crippen molar-refractivity contribution in [1.82, 2.24) is 10.6 Å². The maximum Gasteiger partial charge on any atom is 0.303 e. The van der Waals surface area contributed by atoms with Crippen molar-refractivity contribution >= 4 is 29.4 Å². The second-order valence-electron chi connectivity index (χ2n) is 7.54. The van der Waals surface area contributed by atoms with Gasteiger partial charge >= 0.3 is 5.97 Å². The first-order chi connectivity index (χ1) is 15.3. The van der Waals surface area contributed by atoms with Crippen molar-refractivity contribution in [2.24, 2.45) is 5.73 Å². The van der Waals surface area contributed by atoms with Crippen LogP contribution in [0.3, 0.4) is 0 Å². The number of nitrogens with two attached hydrogens (primary N) is 1. The number of hydrogen-bond donors (Lipinski definition) is 7. The monoisotopic (exact) mass is 476 g/mol. The van der Waals surface area contributed by atoms with Crippen LogP contribution in [0.25, 0.3) is 0 Å². The Morgan fingerprint density at radius 1 is 1.09 bits per heavy atom. The molecule has 1 unspecified atom stereocenters. The minimum Gasteiger partial charge on any atom is -0.481 e. The maximum absolute atomic E-state index is 12.4. The molecule has 7 atom stereocenters. The maximum atomic E-state index is 12.4. The lowest BCUT2D eigenvalue weighted by atomic mass is 9.97. The molecule has 8 N–H and O–H groups in total. The molecule has 187 valence electrons. The second-order valence-corrected chi connectivity index (χ2v) is 7.54. The van der Waals surface area contributed by atoms with Crippen molar-refractivity contribution < 1.29 is 53.9 Å². The van der Waals surface area contributed by atoms with Crippen LogP contribution in [-0.4, -0.2) is 99.2 Å². The van der Waals surface area contributed by atoms with Crippen molar-refractivity contribution in [3.8, 4) is 0 Å². The summed E-state index contributed by atoms with van der Waals surface area (Å²) >= 11 is 0. The van der Waals surface area contributed by atoms with E-state index in [2.05, 4.69) is 10.6 Å². The molecule has 0 aliphatic carbocycles. The molecule has 1 rings (SSSR count). The average molecular weight is 476 g/mol. The van der Waals surface area contributed by atoms with E-state index in [4.69, 9.17) is 20.3 Å². The Kier molecular flexibility index (Phi) is 11.0. The Bertz CT molecular complexity index is 746.